The molecule has 1 rings (SSSR count). The fourth-order valence-electron chi connectivity index (χ4n) is 0.930. The number of nitrogens with one attached hydrogen (secondary N) is 1. The van der Waals surface area contributed by atoms with Crippen molar-refractivity contribution in [1.29, 1.82) is 0 Å². The van der Waals surface area contributed by atoms with E-state index in [1.807, 2.05) is 0 Å². The van der Waals surface area contributed by atoms with E-state index >= 15 is 0 Å². The van der Waals surface area contributed by atoms with E-state index in [2.05, 4.69) is 9.71 Å². The van der Waals surface area contributed by atoms with Crippen LogP contribution in [0.1, 0.15) is 19.5 Å². The van der Waals surface area contributed by atoms with Crippen LogP contribution < -0.4 is 9.86 Å². The quantitative estimate of drug-likeness (QED) is 0.825. The largest absolute Gasteiger partial charge is 0.258 e. The van der Waals surface area contributed by atoms with Gasteiger partial charge in [0.1, 0.15) is 0 Å². The molecule has 0 atom stereocenters. The first-order valence-electron chi connectivity index (χ1n) is 4.56. The van der Waals surface area contributed by atoms with Crippen LogP contribution in [0.25, 0.3) is 0 Å². The minimum atomic E-state index is -3.87. The Kier molecular flexibility index (Phi) is 3.81. The molecule has 0 aliphatic carbocycles. The van der Waals surface area contributed by atoms with Gasteiger partial charge in [-0.25, -0.2) is 27.0 Å². The number of thiazole rings is 1. The van der Waals surface area contributed by atoms with E-state index in [1.54, 1.807) is 0 Å². The second-order valence-electron chi connectivity index (χ2n) is 3.63. The van der Waals surface area contributed by atoms with E-state index in [0.717, 1.165) is 0 Å². The first kappa shape index (κ1) is 14.4. The smallest absolute Gasteiger partial charge is 0.249 e. The van der Waals surface area contributed by atoms with Crippen LogP contribution in [0.2, 0.25) is 0 Å². The van der Waals surface area contributed by atoms with Crippen LogP contribution in [0.5, 0.6) is 0 Å². The van der Waals surface area contributed by atoms with Crippen LogP contribution in [0, 0.1) is 6.92 Å². The second-order valence-corrected chi connectivity index (χ2v) is 8.63. The molecule has 10 heteroatoms. The third kappa shape index (κ3) is 3.37. The highest BCUT2D eigenvalue weighted by Crippen LogP contribution is 2.27. The third-order valence-corrected chi connectivity index (χ3v) is 6.34. The van der Waals surface area contributed by atoms with E-state index in [0.29, 0.717) is 11.3 Å². The van der Waals surface area contributed by atoms with E-state index < -0.39 is 25.3 Å². The molecule has 0 aliphatic heterocycles. The topological polar surface area (TPSA) is 119 Å². The molecule has 1 heterocycles. The van der Waals surface area contributed by atoms with Crippen molar-refractivity contribution < 1.29 is 16.8 Å². The number of sulfonamides is 2. The molecule has 1 aromatic heterocycles. The second kappa shape index (κ2) is 4.52. The summed E-state index contributed by atoms with van der Waals surface area (Å²) in [7, 11) is -7.41. The lowest BCUT2D eigenvalue weighted by molar-refractivity contribution is 0.592. The Morgan fingerprint density at radius 2 is 1.82 bits per heavy atom. The van der Waals surface area contributed by atoms with Gasteiger partial charge in [-0.1, -0.05) is 11.3 Å². The summed E-state index contributed by atoms with van der Waals surface area (Å²) in [5.74, 6) is 0. The number of hydrogen-bond donors (Lipinski definition) is 2. The zero-order valence-electron chi connectivity index (χ0n) is 9.46. The normalized spacial score (nSPS) is 13.0. The Morgan fingerprint density at radius 1 is 1.29 bits per heavy atom. The molecule has 3 N–H and O–H groups in total. The zero-order valence-corrected chi connectivity index (χ0v) is 11.9. The molecule has 0 aliphatic rings. The summed E-state index contributed by atoms with van der Waals surface area (Å²) in [5, 5.41) is 4.33. The number of anilines is 1. The number of aromatic nitrogens is 1. The van der Waals surface area contributed by atoms with Gasteiger partial charge in [0.05, 0.1) is 10.9 Å². The molecule has 0 amide bonds. The zero-order chi connectivity index (χ0) is 13.4. The molecule has 0 bridgehead atoms. The van der Waals surface area contributed by atoms with Crippen molar-refractivity contribution in [3.63, 3.8) is 0 Å². The summed E-state index contributed by atoms with van der Waals surface area (Å²) < 4.78 is 47.4. The summed E-state index contributed by atoms with van der Waals surface area (Å²) in [6.07, 6.45) is 0. The van der Waals surface area contributed by atoms with Crippen molar-refractivity contribution in [2.45, 2.75) is 30.2 Å². The Balaban J connectivity index is 3.13. The molecule has 1 aromatic rings. The molecule has 0 saturated carbocycles. The van der Waals surface area contributed by atoms with E-state index in [4.69, 9.17) is 5.14 Å². The van der Waals surface area contributed by atoms with Gasteiger partial charge < -0.3 is 0 Å². The Morgan fingerprint density at radius 3 is 2.18 bits per heavy atom. The highest BCUT2D eigenvalue weighted by molar-refractivity contribution is 7.93. The Labute approximate surface area is 104 Å². The lowest BCUT2D eigenvalue weighted by Crippen LogP contribution is -2.22. The predicted molar refractivity (Wildman–Crippen MR) is 65.9 cm³/mol. The maximum Gasteiger partial charge on any atom is 0.249 e. The number of nitrogens with zero attached hydrogens (tertiary/aromatic N) is 1. The number of aryl methyl sites for hydroxylation is 1. The minimum absolute atomic E-state index is 0.000208. The van der Waals surface area contributed by atoms with Gasteiger partial charge in [-0.05, 0) is 20.8 Å². The van der Waals surface area contributed by atoms with Crippen molar-refractivity contribution in [3.8, 4) is 0 Å². The van der Waals surface area contributed by atoms with Crippen molar-refractivity contribution in [2.24, 2.45) is 5.14 Å². The Bertz CT molecular complexity index is 615. The highest BCUT2D eigenvalue weighted by atomic mass is 32.2. The van der Waals surface area contributed by atoms with E-state index in [1.165, 1.54) is 20.8 Å². The first-order valence-corrected chi connectivity index (χ1v) is 8.47. The monoisotopic (exact) mass is 299 g/mol. The molecule has 0 fully saturated rings. The average Bonchev–Trinajstić information content (AvgIpc) is 2.44. The molecule has 0 unspecified atom stereocenters. The van der Waals surface area contributed by atoms with Crippen molar-refractivity contribution in [1.82, 2.24) is 4.98 Å². The maximum atomic E-state index is 11.5. The molecular weight excluding hydrogens is 286 g/mol. The molecular formula is C7H13N3O4S3. The van der Waals surface area contributed by atoms with Gasteiger partial charge >= 0.3 is 0 Å². The number of hydrogen-bond acceptors (Lipinski definition) is 6. The fraction of sp³-hybridized carbons (Fsp3) is 0.571. The van der Waals surface area contributed by atoms with Gasteiger partial charge in [0, 0.05) is 0 Å². The summed E-state index contributed by atoms with van der Waals surface area (Å²) in [5.41, 5.74) is 0.180. The molecule has 0 spiro atoms. The van der Waals surface area contributed by atoms with Crippen LogP contribution in [-0.4, -0.2) is 27.1 Å². The van der Waals surface area contributed by atoms with Gasteiger partial charge in [-0.3, -0.25) is 4.72 Å². The molecule has 0 saturated heterocycles. The van der Waals surface area contributed by atoms with E-state index in [-0.39, 0.29) is 15.0 Å². The van der Waals surface area contributed by atoms with Crippen LogP contribution >= 0.6 is 11.3 Å². The molecule has 7 nitrogen and oxygen atoms in total. The minimum Gasteiger partial charge on any atom is -0.258 e. The predicted octanol–water partition coefficient (Wildman–Crippen LogP) is 0.249. The molecule has 98 valence electrons. The molecule has 17 heavy (non-hydrogen) atoms. The highest BCUT2D eigenvalue weighted by Gasteiger charge is 2.22. The standard InChI is InChI=1S/C7H13N3O4S3/c1-4(2)17(13,14)10-7-9-5(3)6(15-7)16(8,11)12/h4H,1-3H3,(H,9,10)(H2,8,11,12). The van der Waals surface area contributed by atoms with Gasteiger partial charge in [-0.15, -0.1) is 0 Å². The van der Waals surface area contributed by atoms with Crippen LogP contribution in [0.3, 0.4) is 0 Å². The lowest BCUT2D eigenvalue weighted by Gasteiger charge is -2.07. The van der Waals surface area contributed by atoms with Crippen LogP contribution in [-0.2, 0) is 20.0 Å². The summed E-state index contributed by atoms with van der Waals surface area (Å²) >= 11 is 0.696. The molecule has 0 aromatic carbocycles. The fourth-order valence-corrected chi connectivity index (χ4v) is 3.68. The summed E-state index contributed by atoms with van der Waals surface area (Å²) in [6, 6.07) is 0. The number of rotatable bonds is 4. The van der Waals surface area contributed by atoms with Crippen molar-refractivity contribution in [2.75, 3.05) is 4.72 Å². The van der Waals surface area contributed by atoms with Gasteiger partial charge in [0.25, 0.3) is 0 Å². The average molecular weight is 299 g/mol. The number of primary sulfonamides is 1. The van der Waals surface area contributed by atoms with Crippen LogP contribution in [0.4, 0.5) is 5.13 Å². The Hall–Kier alpha value is -0.710. The third-order valence-electron chi connectivity index (χ3n) is 1.86. The van der Waals surface area contributed by atoms with Gasteiger partial charge in [0.15, 0.2) is 9.34 Å². The SMILES string of the molecule is Cc1nc(NS(=O)(=O)C(C)C)sc1S(N)(=O)=O. The van der Waals surface area contributed by atoms with Crippen LogP contribution in [0.15, 0.2) is 4.21 Å². The summed E-state index contributed by atoms with van der Waals surface area (Å²) in [4.78, 5) is 3.81. The lowest BCUT2D eigenvalue weighted by atomic mass is 10.6. The summed E-state index contributed by atoms with van der Waals surface area (Å²) in [6.45, 7) is 4.45. The van der Waals surface area contributed by atoms with Crippen molar-refractivity contribution in [3.05, 3.63) is 5.69 Å². The van der Waals surface area contributed by atoms with Gasteiger partial charge in [0.2, 0.25) is 20.0 Å². The van der Waals surface area contributed by atoms with Gasteiger partial charge in [-0.2, -0.15) is 0 Å². The maximum absolute atomic E-state index is 11.5. The number of nitrogens with two attached hydrogens (primary N) is 1. The van der Waals surface area contributed by atoms with E-state index in [9.17, 15) is 16.8 Å². The van der Waals surface area contributed by atoms with Crippen molar-refractivity contribution >= 4 is 36.5 Å². The molecule has 0 radical (unpaired) electrons. The first-order chi connectivity index (χ1) is 7.54.